The normalized spacial score (nSPS) is 20.6. The Bertz CT molecular complexity index is 407. The first kappa shape index (κ1) is 52.4. The van der Waals surface area contributed by atoms with Crippen molar-refractivity contribution in [3.05, 3.63) is 0 Å². The van der Waals surface area contributed by atoms with Gasteiger partial charge in [0, 0.05) is 26.3 Å². The van der Waals surface area contributed by atoms with Gasteiger partial charge in [-0.1, -0.05) is 156 Å². The first-order valence-corrected chi connectivity index (χ1v) is 19.6. The Morgan fingerprint density at radius 1 is 0.721 bits per heavy atom. The molecule has 1 atom stereocenters. The molecule has 0 aromatic heterocycles. The molecule has 1 heterocycles. The fourth-order valence-corrected chi connectivity index (χ4v) is 5.03. The van der Waals surface area contributed by atoms with E-state index in [1.807, 2.05) is 41.5 Å². The molecule has 3 heteroatoms. The molecule has 2 saturated carbocycles. The average Bonchev–Trinajstić information content (AvgIpc) is 3.06. The lowest BCUT2D eigenvalue weighted by molar-refractivity contribution is 0.109. The van der Waals surface area contributed by atoms with E-state index in [2.05, 4.69) is 74.6 Å². The molecule has 3 nitrogen and oxygen atoms in total. The molecule has 3 rings (SSSR count). The van der Waals surface area contributed by atoms with E-state index in [1.54, 1.807) is 0 Å². The molecule has 0 amide bonds. The monoisotopic (exact) mass is 618 g/mol. The van der Waals surface area contributed by atoms with Crippen molar-refractivity contribution in [3.8, 4) is 0 Å². The van der Waals surface area contributed by atoms with Crippen molar-refractivity contribution in [2.45, 2.75) is 194 Å². The second kappa shape index (κ2) is 44.0. The van der Waals surface area contributed by atoms with Gasteiger partial charge in [0.25, 0.3) is 0 Å². The van der Waals surface area contributed by atoms with Crippen LogP contribution >= 0.6 is 0 Å². The number of ether oxygens (including phenoxy) is 2. The summed E-state index contributed by atoms with van der Waals surface area (Å²) in [5.41, 5.74) is 0.679. The highest BCUT2D eigenvalue weighted by Crippen LogP contribution is 2.41. The van der Waals surface area contributed by atoms with Gasteiger partial charge >= 0.3 is 0 Å². The number of hydrogen-bond acceptors (Lipinski definition) is 3. The van der Waals surface area contributed by atoms with Gasteiger partial charge in [-0.05, 0) is 67.6 Å². The van der Waals surface area contributed by atoms with Crippen molar-refractivity contribution in [1.82, 2.24) is 5.32 Å². The summed E-state index contributed by atoms with van der Waals surface area (Å²) in [6.45, 7) is 40.5. The van der Waals surface area contributed by atoms with Crippen LogP contribution in [0.15, 0.2) is 0 Å². The van der Waals surface area contributed by atoms with Crippen LogP contribution in [-0.2, 0) is 9.47 Å². The largest absolute Gasteiger partial charge is 0.381 e. The van der Waals surface area contributed by atoms with Crippen LogP contribution in [0.1, 0.15) is 194 Å². The van der Waals surface area contributed by atoms with Crippen molar-refractivity contribution in [1.29, 1.82) is 0 Å². The molecule has 1 saturated heterocycles. The van der Waals surface area contributed by atoms with Crippen molar-refractivity contribution in [3.63, 3.8) is 0 Å². The Kier molecular flexibility index (Phi) is 53.6. The molecule has 1 N–H and O–H groups in total. The molecule has 0 aromatic rings. The standard InChI is InChI=1S/C11H22.C10H20.C6H14O.C4H9NO.C3H8.3C2H6/c1-4-10(3)11-7-5-9(2)6-8-11;1-9(2)10(3)7-5-4-6-8-10;1-3-5-7-6-4-2;1-3-6-4-2-5-1;1-3-2;3*1-2/h9-11H,4-8H2,1-3H3;9H,4-8H2,1-3H3;3-6H2,1-2H3;5H,1-4H2;3H2,1-2H3;3*1-2H3. The number of morpholine rings is 1. The summed E-state index contributed by atoms with van der Waals surface area (Å²) in [6.07, 6.45) is 18.2. The van der Waals surface area contributed by atoms with Crippen molar-refractivity contribution in [2.75, 3.05) is 39.5 Å². The lowest BCUT2D eigenvalue weighted by atomic mass is 9.69. The van der Waals surface area contributed by atoms with E-state index in [0.717, 1.165) is 76.0 Å². The summed E-state index contributed by atoms with van der Waals surface area (Å²) in [5, 5.41) is 3.16. The molecule has 0 bridgehead atoms. The maximum atomic E-state index is 5.13. The molecular formula is C40H91NO2. The molecule has 43 heavy (non-hydrogen) atoms. The van der Waals surface area contributed by atoms with Crippen molar-refractivity contribution >= 4 is 0 Å². The van der Waals surface area contributed by atoms with Crippen LogP contribution in [0.5, 0.6) is 0 Å². The Balaban J connectivity index is -0.000000139. The molecule has 1 unspecified atom stereocenters. The average molecular weight is 618 g/mol. The van der Waals surface area contributed by atoms with Crippen molar-refractivity contribution in [2.24, 2.45) is 29.1 Å². The molecule has 3 aliphatic rings. The van der Waals surface area contributed by atoms with Crippen LogP contribution in [0.2, 0.25) is 0 Å². The summed E-state index contributed by atoms with van der Waals surface area (Å²) in [4.78, 5) is 0. The van der Waals surface area contributed by atoms with E-state index >= 15 is 0 Å². The maximum absolute atomic E-state index is 5.13. The molecule has 268 valence electrons. The molecular weight excluding hydrogens is 526 g/mol. The van der Waals surface area contributed by atoms with Gasteiger partial charge in [-0.2, -0.15) is 0 Å². The molecule has 0 radical (unpaired) electrons. The minimum Gasteiger partial charge on any atom is -0.381 e. The number of nitrogens with one attached hydrogen (secondary N) is 1. The Hall–Kier alpha value is -0.120. The van der Waals surface area contributed by atoms with Crippen molar-refractivity contribution < 1.29 is 9.47 Å². The van der Waals surface area contributed by atoms with Crippen LogP contribution in [-0.4, -0.2) is 39.5 Å². The van der Waals surface area contributed by atoms with E-state index in [0.29, 0.717) is 5.41 Å². The summed E-state index contributed by atoms with van der Waals surface area (Å²) in [5.74, 6) is 3.92. The first-order chi connectivity index (χ1) is 20.7. The zero-order chi connectivity index (χ0) is 34.4. The zero-order valence-electron chi connectivity index (χ0n) is 33.6. The smallest absolute Gasteiger partial charge is 0.0591 e. The van der Waals surface area contributed by atoms with E-state index in [-0.39, 0.29) is 0 Å². The Morgan fingerprint density at radius 2 is 1.14 bits per heavy atom. The van der Waals surface area contributed by atoms with Crippen LogP contribution in [0.4, 0.5) is 0 Å². The third-order valence-corrected chi connectivity index (χ3v) is 8.44. The van der Waals surface area contributed by atoms with Gasteiger partial charge in [0.2, 0.25) is 0 Å². The van der Waals surface area contributed by atoms with E-state index in [4.69, 9.17) is 9.47 Å². The molecule has 0 aromatic carbocycles. The van der Waals surface area contributed by atoms with E-state index in [9.17, 15) is 0 Å². The van der Waals surface area contributed by atoms with Gasteiger partial charge < -0.3 is 14.8 Å². The van der Waals surface area contributed by atoms with E-state index < -0.39 is 0 Å². The quantitative estimate of drug-likeness (QED) is 0.288. The SMILES string of the molecule is C1COCCN1.CC.CC.CC.CC(C)C1(C)CCCCC1.CCC.CCC(C)C1CCC(C)CC1.CCCOCCC. The predicted octanol–water partition coefficient (Wildman–Crippen LogP) is 13.4. The minimum absolute atomic E-state index is 0.679. The first-order valence-electron chi connectivity index (χ1n) is 19.6. The predicted molar refractivity (Wildman–Crippen MR) is 202 cm³/mol. The van der Waals surface area contributed by atoms with Gasteiger partial charge in [-0.15, -0.1) is 0 Å². The zero-order valence-corrected chi connectivity index (χ0v) is 33.6. The number of hydrogen-bond donors (Lipinski definition) is 1. The summed E-state index contributed by atoms with van der Waals surface area (Å²) < 4.78 is 10.1. The molecule has 0 spiro atoms. The van der Waals surface area contributed by atoms with Crippen LogP contribution in [0, 0.1) is 29.1 Å². The summed E-state index contributed by atoms with van der Waals surface area (Å²) in [7, 11) is 0. The van der Waals surface area contributed by atoms with Crippen LogP contribution in [0.3, 0.4) is 0 Å². The topological polar surface area (TPSA) is 30.5 Å². The molecule has 1 aliphatic heterocycles. The Labute approximate surface area is 277 Å². The lowest BCUT2D eigenvalue weighted by Gasteiger charge is -2.37. The fraction of sp³-hybridized carbons (Fsp3) is 1.00. The van der Waals surface area contributed by atoms with Gasteiger partial charge in [-0.25, -0.2) is 0 Å². The maximum Gasteiger partial charge on any atom is 0.0591 e. The highest BCUT2D eigenvalue weighted by Gasteiger charge is 2.29. The van der Waals surface area contributed by atoms with Crippen LogP contribution < -0.4 is 5.32 Å². The van der Waals surface area contributed by atoms with Gasteiger partial charge in [0.1, 0.15) is 0 Å². The second-order valence-corrected chi connectivity index (χ2v) is 12.5. The highest BCUT2D eigenvalue weighted by molar-refractivity contribution is 4.80. The third-order valence-electron chi connectivity index (χ3n) is 8.44. The summed E-state index contributed by atoms with van der Waals surface area (Å²) >= 11 is 0. The lowest BCUT2D eigenvalue weighted by Crippen LogP contribution is -2.30. The molecule has 3 fully saturated rings. The fourth-order valence-electron chi connectivity index (χ4n) is 5.03. The Morgan fingerprint density at radius 3 is 1.40 bits per heavy atom. The second-order valence-electron chi connectivity index (χ2n) is 12.5. The van der Waals surface area contributed by atoms with E-state index in [1.165, 1.54) is 70.6 Å². The summed E-state index contributed by atoms with van der Waals surface area (Å²) in [6, 6.07) is 0. The van der Waals surface area contributed by atoms with Gasteiger partial charge in [0.05, 0.1) is 13.2 Å². The third kappa shape index (κ3) is 38.0. The van der Waals surface area contributed by atoms with Gasteiger partial charge in [-0.3, -0.25) is 0 Å². The molecule has 2 aliphatic carbocycles. The van der Waals surface area contributed by atoms with Gasteiger partial charge in [0.15, 0.2) is 0 Å². The highest BCUT2D eigenvalue weighted by atomic mass is 16.5. The minimum atomic E-state index is 0.679. The van der Waals surface area contributed by atoms with Crippen LogP contribution in [0.25, 0.3) is 0 Å². The number of rotatable bonds is 7.